The first-order chi connectivity index (χ1) is 13.0. The monoisotopic (exact) mass is 424 g/mol. The second kappa shape index (κ2) is 9.31. The van der Waals surface area contributed by atoms with E-state index in [-0.39, 0.29) is 11.7 Å². The fraction of sp³-hybridized carbons (Fsp3) is 0.263. The van der Waals surface area contributed by atoms with E-state index >= 15 is 0 Å². The molecule has 0 bridgehead atoms. The zero-order valence-corrected chi connectivity index (χ0v) is 16.8. The average Bonchev–Trinajstić information content (AvgIpc) is 2.66. The van der Waals surface area contributed by atoms with Crippen molar-refractivity contribution in [1.82, 2.24) is 10.3 Å². The Balaban J connectivity index is 1.83. The summed E-state index contributed by atoms with van der Waals surface area (Å²) < 4.78 is 0. The van der Waals surface area contributed by atoms with Crippen LogP contribution in [0.25, 0.3) is 0 Å². The van der Waals surface area contributed by atoms with E-state index in [1.165, 1.54) is 0 Å². The average molecular weight is 426 g/mol. The number of amides is 1. The van der Waals surface area contributed by atoms with Gasteiger partial charge < -0.3 is 4.90 Å². The van der Waals surface area contributed by atoms with E-state index < -0.39 is 0 Å². The Hall–Kier alpha value is -1.95. The van der Waals surface area contributed by atoms with Gasteiger partial charge in [0.05, 0.1) is 11.4 Å². The van der Waals surface area contributed by atoms with E-state index in [2.05, 4.69) is 15.8 Å². The van der Waals surface area contributed by atoms with Crippen LogP contribution in [0.3, 0.4) is 0 Å². The van der Waals surface area contributed by atoms with Crippen LogP contribution in [0.4, 0.5) is 11.4 Å². The molecule has 0 atom stereocenters. The smallest absolute Gasteiger partial charge is 0.291 e. The summed E-state index contributed by atoms with van der Waals surface area (Å²) in [4.78, 5) is 19.2. The molecular formula is C19H19Cl3N4O. The summed E-state index contributed by atoms with van der Waals surface area (Å²) in [5.74, 6) is -0.00237. The number of hydrogen-bond donors (Lipinski definition) is 2. The molecule has 1 heterocycles. The van der Waals surface area contributed by atoms with Gasteiger partial charge in [0.1, 0.15) is 0 Å². The molecule has 2 aromatic carbocycles. The van der Waals surface area contributed by atoms with Crippen molar-refractivity contribution in [2.45, 2.75) is 19.3 Å². The largest absolute Gasteiger partial charge is 0.336 e. The van der Waals surface area contributed by atoms with Crippen LogP contribution in [0.15, 0.2) is 47.5 Å². The van der Waals surface area contributed by atoms with Crippen LogP contribution in [0.5, 0.6) is 0 Å². The molecule has 1 aliphatic heterocycles. The maximum absolute atomic E-state index is 13.0. The van der Waals surface area contributed by atoms with Crippen molar-refractivity contribution >= 4 is 57.9 Å². The van der Waals surface area contributed by atoms with Crippen molar-refractivity contribution in [2.24, 2.45) is 4.99 Å². The van der Waals surface area contributed by atoms with Gasteiger partial charge in [0.2, 0.25) is 5.84 Å². The van der Waals surface area contributed by atoms with E-state index in [1.807, 2.05) is 0 Å². The number of hydrogen-bond acceptors (Lipinski definition) is 3. The molecule has 0 unspecified atom stereocenters. The normalized spacial score (nSPS) is 14.8. The Kier molecular flexibility index (Phi) is 6.83. The number of hydrazine groups is 1. The number of anilines is 1. The van der Waals surface area contributed by atoms with E-state index in [9.17, 15) is 4.79 Å². The summed E-state index contributed by atoms with van der Waals surface area (Å²) in [5.41, 5.74) is 7.16. The zero-order chi connectivity index (χ0) is 19.2. The fourth-order valence-electron chi connectivity index (χ4n) is 2.77. The van der Waals surface area contributed by atoms with Gasteiger partial charge in [0.25, 0.3) is 5.91 Å². The third-order valence-electron chi connectivity index (χ3n) is 4.10. The van der Waals surface area contributed by atoms with Crippen molar-refractivity contribution in [2.75, 3.05) is 18.5 Å². The number of nitrogens with zero attached hydrogens (tertiary/aromatic N) is 2. The summed E-state index contributed by atoms with van der Waals surface area (Å²) in [6.45, 7) is 1.44. The fourth-order valence-corrected chi connectivity index (χ4v) is 3.41. The number of likely N-dealkylation sites (tertiary alicyclic amines) is 1. The van der Waals surface area contributed by atoms with Crippen LogP contribution >= 0.6 is 34.8 Å². The summed E-state index contributed by atoms with van der Waals surface area (Å²) in [6.07, 6.45) is 3.12. The van der Waals surface area contributed by atoms with E-state index in [0.717, 1.165) is 38.0 Å². The molecular weight excluding hydrogens is 407 g/mol. The number of carbonyl (C=O) groups is 1. The summed E-state index contributed by atoms with van der Waals surface area (Å²) in [6, 6.07) is 12.0. The van der Waals surface area contributed by atoms with Crippen molar-refractivity contribution in [3.63, 3.8) is 0 Å². The standard InChI is InChI=1S/C19H19Cl3N4O/c20-13-4-6-16(7-5-13)24-25-18(19(27)26-8-2-1-3-9-26)23-17-11-14(21)10-15(22)12-17/h4-7,10-12,24H,1-3,8-9H2,(H,23,25). The number of nitrogens with one attached hydrogen (secondary N) is 2. The van der Waals surface area contributed by atoms with Crippen LogP contribution in [0.1, 0.15) is 19.3 Å². The third-order valence-corrected chi connectivity index (χ3v) is 4.79. The maximum Gasteiger partial charge on any atom is 0.291 e. The summed E-state index contributed by atoms with van der Waals surface area (Å²) in [5, 5.41) is 1.54. The molecule has 0 spiro atoms. The quantitative estimate of drug-likeness (QED) is 0.398. The first-order valence-electron chi connectivity index (χ1n) is 8.63. The summed E-state index contributed by atoms with van der Waals surface area (Å²) in [7, 11) is 0. The first-order valence-corrected chi connectivity index (χ1v) is 9.76. The van der Waals surface area contributed by atoms with Gasteiger partial charge in [0.15, 0.2) is 0 Å². The number of carbonyl (C=O) groups excluding carboxylic acids is 1. The maximum atomic E-state index is 13.0. The molecule has 1 saturated heterocycles. The lowest BCUT2D eigenvalue weighted by Crippen LogP contribution is -2.46. The SMILES string of the molecule is O=C(C(=Nc1cc(Cl)cc(Cl)c1)NNc1ccc(Cl)cc1)N1CCCCC1. The second-order valence-electron chi connectivity index (χ2n) is 6.20. The van der Waals surface area contributed by atoms with E-state index in [4.69, 9.17) is 34.8 Å². The minimum absolute atomic E-state index is 0.171. The van der Waals surface area contributed by atoms with Gasteiger partial charge in [-0.15, -0.1) is 0 Å². The number of halogens is 3. The van der Waals surface area contributed by atoms with Crippen molar-refractivity contribution in [3.05, 3.63) is 57.5 Å². The second-order valence-corrected chi connectivity index (χ2v) is 7.51. The summed E-state index contributed by atoms with van der Waals surface area (Å²) >= 11 is 18.0. The molecule has 1 aliphatic rings. The molecule has 0 aliphatic carbocycles. The molecule has 2 N–H and O–H groups in total. The topological polar surface area (TPSA) is 56.7 Å². The van der Waals surface area contributed by atoms with E-state index in [0.29, 0.717) is 20.8 Å². The molecule has 8 heteroatoms. The van der Waals surface area contributed by atoms with Crippen LogP contribution < -0.4 is 10.9 Å². The van der Waals surface area contributed by atoms with Crippen LogP contribution in [0, 0.1) is 0 Å². The van der Waals surface area contributed by atoms with E-state index in [1.54, 1.807) is 47.4 Å². The lowest BCUT2D eigenvalue weighted by molar-refractivity contribution is -0.125. The molecule has 1 amide bonds. The highest BCUT2D eigenvalue weighted by Gasteiger charge is 2.22. The molecule has 0 saturated carbocycles. The highest BCUT2D eigenvalue weighted by molar-refractivity contribution is 6.39. The zero-order valence-electron chi connectivity index (χ0n) is 14.5. The minimum Gasteiger partial charge on any atom is -0.336 e. The number of piperidine rings is 1. The Labute approximate surface area is 173 Å². The molecule has 0 aromatic heterocycles. The Morgan fingerprint density at radius 3 is 2.15 bits per heavy atom. The van der Waals surface area contributed by atoms with Gasteiger partial charge in [0, 0.05) is 28.2 Å². The Bertz CT molecular complexity index is 813. The van der Waals surface area contributed by atoms with Crippen LogP contribution in [0.2, 0.25) is 15.1 Å². The van der Waals surface area contributed by atoms with Gasteiger partial charge in [-0.2, -0.15) is 0 Å². The highest BCUT2D eigenvalue weighted by Crippen LogP contribution is 2.25. The number of aliphatic imine (C=N–C) groups is 1. The first kappa shape index (κ1) is 19.8. The van der Waals surface area contributed by atoms with Gasteiger partial charge in [-0.05, 0) is 61.7 Å². The van der Waals surface area contributed by atoms with Gasteiger partial charge in [-0.1, -0.05) is 34.8 Å². The highest BCUT2D eigenvalue weighted by atomic mass is 35.5. The molecule has 1 fully saturated rings. The third kappa shape index (κ3) is 5.76. The minimum atomic E-state index is -0.174. The van der Waals surface area contributed by atoms with Crippen molar-refractivity contribution in [1.29, 1.82) is 0 Å². The molecule has 0 radical (unpaired) electrons. The lowest BCUT2D eigenvalue weighted by Gasteiger charge is -2.27. The number of rotatable bonds is 3. The van der Waals surface area contributed by atoms with Gasteiger partial charge in [-0.25, -0.2) is 4.99 Å². The van der Waals surface area contributed by atoms with Gasteiger partial charge in [-0.3, -0.25) is 15.6 Å². The number of benzene rings is 2. The Morgan fingerprint density at radius 1 is 0.889 bits per heavy atom. The molecule has 142 valence electrons. The lowest BCUT2D eigenvalue weighted by atomic mass is 10.1. The van der Waals surface area contributed by atoms with Crippen LogP contribution in [-0.4, -0.2) is 29.7 Å². The van der Waals surface area contributed by atoms with Gasteiger partial charge >= 0.3 is 0 Å². The Morgan fingerprint density at radius 2 is 1.52 bits per heavy atom. The molecule has 2 aromatic rings. The predicted molar refractivity (Wildman–Crippen MR) is 112 cm³/mol. The molecule has 27 heavy (non-hydrogen) atoms. The number of amidine groups is 1. The molecule has 5 nitrogen and oxygen atoms in total. The van der Waals surface area contributed by atoms with Crippen LogP contribution in [-0.2, 0) is 4.79 Å². The van der Waals surface area contributed by atoms with Crippen molar-refractivity contribution in [3.8, 4) is 0 Å². The van der Waals surface area contributed by atoms with Crippen molar-refractivity contribution < 1.29 is 4.79 Å². The molecule has 3 rings (SSSR count). The predicted octanol–water partition coefficient (Wildman–Crippen LogP) is 5.31.